The van der Waals surface area contributed by atoms with Crippen molar-refractivity contribution in [1.29, 1.82) is 0 Å². The quantitative estimate of drug-likeness (QED) is 0.685. The number of nitrogens with zero attached hydrogens (tertiary/aromatic N) is 3. The van der Waals surface area contributed by atoms with Crippen LogP contribution in [-0.4, -0.2) is 35.2 Å². The van der Waals surface area contributed by atoms with Crippen LogP contribution in [0.25, 0.3) is 5.69 Å². The predicted molar refractivity (Wildman–Crippen MR) is 102 cm³/mol. The molecule has 0 spiro atoms. The molecule has 4 rings (SSSR count). The number of carbonyl (C=O) groups is 2. The number of para-hydroxylation sites is 1. The van der Waals surface area contributed by atoms with Crippen molar-refractivity contribution in [3.63, 3.8) is 0 Å². The smallest absolute Gasteiger partial charge is 0.303 e. The van der Waals surface area contributed by atoms with Crippen LogP contribution in [0.1, 0.15) is 15.9 Å². The summed E-state index contributed by atoms with van der Waals surface area (Å²) < 4.78 is 1.82. The van der Waals surface area contributed by atoms with Crippen molar-refractivity contribution >= 4 is 29.0 Å². The van der Waals surface area contributed by atoms with Crippen LogP contribution in [0.5, 0.6) is 0 Å². The number of halogens is 1. The van der Waals surface area contributed by atoms with Crippen molar-refractivity contribution in [2.45, 2.75) is 6.54 Å². The Kier molecular flexibility index (Phi) is 4.51. The van der Waals surface area contributed by atoms with Crippen LogP contribution < -0.4 is 9.80 Å². The summed E-state index contributed by atoms with van der Waals surface area (Å²) in [6, 6.07) is 14.8. The third kappa shape index (κ3) is 3.37. The van der Waals surface area contributed by atoms with Gasteiger partial charge in [0.15, 0.2) is 6.67 Å². The molecule has 0 saturated heterocycles. The van der Waals surface area contributed by atoms with Crippen molar-refractivity contribution in [2.24, 2.45) is 0 Å². The van der Waals surface area contributed by atoms with Crippen LogP contribution in [0.2, 0.25) is 5.02 Å². The van der Waals surface area contributed by atoms with Gasteiger partial charge in [-0.3, -0.25) is 14.5 Å². The maximum Gasteiger partial charge on any atom is 0.303 e. The van der Waals surface area contributed by atoms with Gasteiger partial charge < -0.3 is 4.90 Å². The summed E-state index contributed by atoms with van der Waals surface area (Å²) >= 11 is 5.95. The molecule has 1 N–H and O–H groups in total. The first-order valence-electron chi connectivity index (χ1n) is 8.59. The number of ketones is 1. The number of hydrogen-bond donors (Lipinski definition) is 1. The van der Waals surface area contributed by atoms with E-state index >= 15 is 0 Å². The Morgan fingerprint density at radius 1 is 1.11 bits per heavy atom. The molecule has 1 amide bonds. The van der Waals surface area contributed by atoms with Crippen LogP contribution >= 0.6 is 11.6 Å². The average molecular weight is 382 g/mol. The lowest BCUT2D eigenvalue weighted by atomic mass is 10.1. The van der Waals surface area contributed by atoms with Crippen LogP contribution in [0.4, 0.5) is 5.69 Å². The molecule has 27 heavy (non-hydrogen) atoms. The second-order valence-electron chi connectivity index (χ2n) is 6.64. The molecular formula is C20H18ClN4O2+. The topological polar surface area (TPSA) is 59.6 Å². The maximum atomic E-state index is 12.4. The number of rotatable bonds is 5. The summed E-state index contributed by atoms with van der Waals surface area (Å²) in [5.74, 6) is -1.01. The van der Waals surface area contributed by atoms with E-state index in [2.05, 4.69) is 5.10 Å². The zero-order valence-electron chi connectivity index (χ0n) is 14.7. The largest absolute Gasteiger partial charge is 0.316 e. The molecule has 1 unspecified atom stereocenters. The Morgan fingerprint density at radius 2 is 1.89 bits per heavy atom. The first-order valence-corrected chi connectivity index (χ1v) is 8.97. The van der Waals surface area contributed by atoms with Gasteiger partial charge in [-0.15, -0.1) is 0 Å². The maximum absolute atomic E-state index is 12.4. The average Bonchev–Trinajstić information content (AvgIpc) is 3.22. The predicted octanol–water partition coefficient (Wildman–Crippen LogP) is 1.73. The number of fused-ring (bicyclic) bond motifs is 1. The van der Waals surface area contributed by atoms with Gasteiger partial charge in [-0.25, -0.2) is 4.68 Å². The minimum atomic E-state index is -0.508. The molecule has 0 saturated carbocycles. The Hall–Kier alpha value is -2.96. The fourth-order valence-electron chi connectivity index (χ4n) is 3.28. The molecule has 1 aliphatic heterocycles. The molecule has 7 heteroatoms. The molecular weight excluding hydrogens is 364 g/mol. The molecule has 136 valence electrons. The molecule has 0 aliphatic carbocycles. The van der Waals surface area contributed by atoms with Crippen LogP contribution in [0.15, 0.2) is 60.9 Å². The fourth-order valence-corrected chi connectivity index (χ4v) is 3.45. The molecule has 2 heterocycles. The molecule has 1 aliphatic rings. The number of anilines is 1. The fraction of sp³-hybridized carbons (Fsp3) is 0.150. The second-order valence-corrected chi connectivity index (χ2v) is 7.08. The van der Waals surface area contributed by atoms with E-state index < -0.39 is 11.7 Å². The van der Waals surface area contributed by atoms with Crippen LogP contribution in [0.3, 0.4) is 0 Å². The molecule has 3 aromatic rings. The molecule has 0 fully saturated rings. The number of nitrogens with one attached hydrogen (secondary N) is 1. The summed E-state index contributed by atoms with van der Waals surface area (Å²) in [6.45, 7) is 1.06. The van der Waals surface area contributed by atoms with Gasteiger partial charge in [0, 0.05) is 16.8 Å². The lowest BCUT2D eigenvalue weighted by molar-refractivity contribution is -0.892. The summed E-state index contributed by atoms with van der Waals surface area (Å²) in [6.07, 6.45) is 3.80. The summed E-state index contributed by atoms with van der Waals surface area (Å²) in [7, 11) is 1.98. The Balaban J connectivity index is 1.48. The van der Waals surface area contributed by atoms with Gasteiger partial charge in [-0.05, 0) is 30.3 Å². The highest BCUT2D eigenvalue weighted by atomic mass is 35.5. The van der Waals surface area contributed by atoms with E-state index in [-0.39, 0.29) is 0 Å². The van der Waals surface area contributed by atoms with E-state index in [1.54, 1.807) is 18.2 Å². The van der Waals surface area contributed by atoms with Crippen molar-refractivity contribution in [3.05, 3.63) is 77.1 Å². The highest BCUT2D eigenvalue weighted by Crippen LogP contribution is 2.30. The normalized spacial score (nSPS) is 14.5. The molecule has 6 nitrogen and oxygen atoms in total. The van der Waals surface area contributed by atoms with Gasteiger partial charge in [0.2, 0.25) is 0 Å². The second kappa shape index (κ2) is 6.98. The first kappa shape index (κ1) is 17.5. The summed E-state index contributed by atoms with van der Waals surface area (Å²) in [5, 5.41) is 4.85. The van der Waals surface area contributed by atoms with Crippen molar-refractivity contribution < 1.29 is 14.5 Å². The first-order chi connectivity index (χ1) is 13.0. The van der Waals surface area contributed by atoms with Crippen LogP contribution in [0, 0.1) is 0 Å². The number of hydrogen-bond acceptors (Lipinski definition) is 3. The van der Waals surface area contributed by atoms with Gasteiger partial charge in [-0.2, -0.15) is 5.10 Å². The lowest BCUT2D eigenvalue weighted by Crippen LogP contribution is -3.09. The Labute approximate surface area is 161 Å². The number of benzene rings is 2. The summed E-state index contributed by atoms with van der Waals surface area (Å²) in [5.41, 5.74) is 3.03. The third-order valence-corrected chi connectivity index (χ3v) is 4.76. The van der Waals surface area contributed by atoms with Gasteiger partial charge in [0.1, 0.15) is 6.54 Å². The van der Waals surface area contributed by atoms with Gasteiger partial charge in [0.05, 0.1) is 30.2 Å². The lowest BCUT2D eigenvalue weighted by Gasteiger charge is -2.21. The standard InChI is InChI=1S/C20H17ClN4O2/c1-23(11-14-10-22-25(12-14)16-5-3-2-4-6-16)13-24-18-8-7-15(21)9-17(18)19(26)20(24)27/h2-10,12H,11,13H2,1H3/p+1. The van der Waals surface area contributed by atoms with Gasteiger partial charge in [-0.1, -0.05) is 29.8 Å². The van der Waals surface area contributed by atoms with E-state index in [4.69, 9.17) is 11.6 Å². The summed E-state index contributed by atoms with van der Waals surface area (Å²) in [4.78, 5) is 27.1. The number of Topliss-reactive ketones (excluding diaryl/α,β-unsaturated/α-hetero) is 1. The number of amides is 1. The number of carbonyl (C=O) groups excluding carboxylic acids is 2. The van der Waals surface area contributed by atoms with E-state index in [9.17, 15) is 9.59 Å². The highest BCUT2D eigenvalue weighted by molar-refractivity contribution is 6.52. The Bertz CT molecular complexity index is 1020. The van der Waals surface area contributed by atoms with Crippen molar-refractivity contribution in [3.8, 4) is 5.69 Å². The van der Waals surface area contributed by atoms with Crippen molar-refractivity contribution in [2.75, 3.05) is 18.6 Å². The zero-order valence-corrected chi connectivity index (χ0v) is 15.5. The van der Waals surface area contributed by atoms with E-state index in [0.717, 1.165) is 16.2 Å². The Morgan fingerprint density at radius 3 is 2.67 bits per heavy atom. The van der Waals surface area contributed by atoms with Gasteiger partial charge in [0.25, 0.3) is 5.78 Å². The molecule has 1 aromatic heterocycles. The monoisotopic (exact) mass is 381 g/mol. The minimum absolute atomic E-state index is 0.372. The molecule has 1 atom stereocenters. The SMILES string of the molecule is C[NH+](Cc1cnn(-c2ccccc2)c1)CN1C(=O)C(=O)c2cc(Cl)ccc21. The zero-order chi connectivity index (χ0) is 19.0. The van der Waals surface area contributed by atoms with Crippen LogP contribution in [-0.2, 0) is 11.3 Å². The molecule has 2 aromatic carbocycles. The molecule has 0 bridgehead atoms. The third-order valence-electron chi connectivity index (χ3n) is 4.52. The van der Waals surface area contributed by atoms with Crippen molar-refractivity contribution in [1.82, 2.24) is 9.78 Å². The number of quaternary nitrogens is 1. The van der Waals surface area contributed by atoms with E-state index in [1.807, 2.05) is 54.5 Å². The van der Waals surface area contributed by atoms with Gasteiger partial charge >= 0.3 is 5.91 Å². The molecule has 0 radical (unpaired) electrons. The number of aromatic nitrogens is 2. The highest BCUT2D eigenvalue weighted by Gasteiger charge is 2.37. The van der Waals surface area contributed by atoms with E-state index in [0.29, 0.717) is 29.5 Å². The van der Waals surface area contributed by atoms with E-state index in [1.165, 1.54) is 4.90 Å². The minimum Gasteiger partial charge on any atom is -0.316 e.